The molecule has 0 amide bonds. The largest absolute Gasteiger partial charge is 0.325 e. The molecule has 0 radical (unpaired) electrons. The fourth-order valence-corrected chi connectivity index (χ4v) is 5.66. The van der Waals surface area contributed by atoms with E-state index in [-0.39, 0.29) is 29.7 Å². The highest BCUT2D eigenvalue weighted by atomic mass is 32.2. The van der Waals surface area contributed by atoms with Crippen LogP contribution in [0.25, 0.3) is 0 Å². The van der Waals surface area contributed by atoms with Crippen molar-refractivity contribution in [3.63, 3.8) is 0 Å². The van der Waals surface area contributed by atoms with Crippen molar-refractivity contribution in [1.29, 1.82) is 5.26 Å². The monoisotopic (exact) mass is 429 g/mol. The lowest BCUT2D eigenvalue weighted by molar-refractivity contribution is 0.210. The molecule has 7 nitrogen and oxygen atoms in total. The molecule has 1 aromatic heterocycles. The van der Waals surface area contributed by atoms with Crippen LogP contribution in [0.2, 0.25) is 0 Å². The van der Waals surface area contributed by atoms with Gasteiger partial charge in [-0.05, 0) is 55.0 Å². The molecule has 158 valence electrons. The number of hydrogen-bond acceptors (Lipinski definition) is 5. The third-order valence-corrected chi connectivity index (χ3v) is 7.64. The van der Waals surface area contributed by atoms with Crippen molar-refractivity contribution in [2.45, 2.75) is 49.0 Å². The van der Waals surface area contributed by atoms with Crippen LogP contribution < -0.4 is 10.6 Å². The zero-order valence-corrected chi connectivity index (χ0v) is 17.4. The minimum absolute atomic E-state index is 0.207. The maximum Gasteiger partial charge on any atom is 0.209 e. The number of nitriles is 1. The zero-order valence-electron chi connectivity index (χ0n) is 16.6. The van der Waals surface area contributed by atoms with Crippen LogP contribution in [0.4, 0.5) is 10.1 Å². The lowest BCUT2D eigenvalue weighted by Gasteiger charge is -2.30. The van der Waals surface area contributed by atoms with Crippen LogP contribution in [0.1, 0.15) is 31.7 Å². The molecular weight excluding hydrogens is 405 g/mol. The van der Waals surface area contributed by atoms with Gasteiger partial charge in [0.25, 0.3) is 0 Å². The topological polar surface area (TPSA) is 107 Å². The fourth-order valence-electron chi connectivity index (χ4n) is 3.63. The van der Waals surface area contributed by atoms with Gasteiger partial charge < -0.3 is 5.32 Å². The lowest BCUT2D eigenvalue weighted by Crippen LogP contribution is -2.34. The third-order valence-electron chi connectivity index (χ3n) is 5.21. The number of aromatic nitrogens is 1. The van der Waals surface area contributed by atoms with Crippen molar-refractivity contribution in [3.05, 3.63) is 54.4 Å². The summed E-state index contributed by atoms with van der Waals surface area (Å²) in [6.45, 7) is 2.06. The minimum atomic E-state index is -3.51. The van der Waals surface area contributed by atoms with Crippen LogP contribution in [0.15, 0.2) is 58.7 Å². The summed E-state index contributed by atoms with van der Waals surface area (Å²) in [7, 11) is -3.51. The van der Waals surface area contributed by atoms with Gasteiger partial charge in [-0.1, -0.05) is 19.1 Å². The quantitative estimate of drug-likeness (QED) is 0.326. The van der Waals surface area contributed by atoms with Crippen LogP contribution in [0.3, 0.4) is 0 Å². The first kappa shape index (κ1) is 21.7. The molecule has 1 saturated carbocycles. The number of nitrogens with zero attached hydrogens (tertiary/aromatic N) is 3. The van der Waals surface area contributed by atoms with Gasteiger partial charge in [0.05, 0.1) is 16.7 Å². The van der Waals surface area contributed by atoms with Gasteiger partial charge in [-0.3, -0.25) is 10.3 Å². The molecular formula is C21H24FN5O2S. The van der Waals surface area contributed by atoms with Crippen molar-refractivity contribution in [1.82, 2.24) is 10.3 Å². The maximum absolute atomic E-state index is 13.6. The van der Waals surface area contributed by atoms with E-state index < -0.39 is 21.3 Å². The zero-order chi connectivity index (χ0) is 21.6. The number of aliphatic imine (C=N–C) groups is 1. The molecule has 0 bridgehead atoms. The number of nitrogens with one attached hydrogen (secondary N) is 2. The van der Waals surface area contributed by atoms with Gasteiger partial charge >= 0.3 is 0 Å². The van der Waals surface area contributed by atoms with Gasteiger partial charge in [-0.2, -0.15) is 5.26 Å². The molecule has 1 fully saturated rings. The van der Waals surface area contributed by atoms with E-state index in [0.29, 0.717) is 12.8 Å². The number of sulfone groups is 1. The van der Waals surface area contributed by atoms with Crippen molar-refractivity contribution >= 4 is 21.5 Å². The van der Waals surface area contributed by atoms with Gasteiger partial charge in [0.15, 0.2) is 16.0 Å². The highest BCUT2D eigenvalue weighted by molar-refractivity contribution is 7.92. The van der Waals surface area contributed by atoms with Gasteiger partial charge in [0.1, 0.15) is 6.17 Å². The van der Waals surface area contributed by atoms with Gasteiger partial charge in [0, 0.05) is 18.1 Å². The number of rotatable bonds is 5. The minimum Gasteiger partial charge on any atom is -0.325 e. The van der Waals surface area contributed by atoms with E-state index in [2.05, 4.69) is 20.6 Å². The highest BCUT2D eigenvalue weighted by Gasteiger charge is 2.37. The van der Waals surface area contributed by atoms with E-state index in [1.54, 1.807) is 55.7 Å². The standard InChI is InChI=1S/C21H24FN5O2S/c1-15-12-17(22)4-7-20(15)30(28,29)19-5-2-16(3-6-19)13-25-21(26-14-23)27-18-8-10-24-11-9-18/h2-3,5-6,8-11,15,17,20H,4,7,12-13H2,1H3,(H2,24,25,26,27). The van der Waals surface area contributed by atoms with E-state index in [9.17, 15) is 12.8 Å². The van der Waals surface area contributed by atoms with Gasteiger partial charge in [-0.15, -0.1) is 0 Å². The summed E-state index contributed by atoms with van der Waals surface area (Å²) in [6, 6.07) is 10.0. The molecule has 1 heterocycles. The number of hydrogen-bond donors (Lipinski definition) is 2. The Labute approximate surface area is 176 Å². The Hall–Kier alpha value is -2.99. The molecule has 3 atom stereocenters. The predicted octanol–water partition coefficient (Wildman–Crippen LogP) is 3.42. The van der Waals surface area contributed by atoms with E-state index in [0.717, 1.165) is 11.3 Å². The first-order valence-corrected chi connectivity index (χ1v) is 11.3. The molecule has 2 aromatic rings. The average Bonchev–Trinajstić information content (AvgIpc) is 2.73. The van der Waals surface area contributed by atoms with Crippen molar-refractivity contribution in [2.24, 2.45) is 10.9 Å². The SMILES string of the molecule is CC1CC(F)CCC1S(=O)(=O)c1ccc(CN=C(NC#N)Nc2ccncc2)cc1. The van der Waals surface area contributed by atoms with Gasteiger partial charge in [0.2, 0.25) is 5.96 Å². The molecule has 2 N–H and O–H groups in total. The van der Waals surface area contributed by atoms with E-state index in [4.69, 9.17) is 5.26 Å². The lowest BCUT2D eigenvalue weighted by atomic mass is 9.89. The van der Waals surface area contributed by atoms with Crippen LogP contribution in [-0.4, -0.2) is 30.8 Å². The Bertz CT molecular complexity index is 1020. The molecule has 1 aliphatic carbocycles. The Kier molecular flexibility index (Phi) is 7.00. The summed E-state index contributed by atoms with van der Waals surface area (Å²) in [6.07, 6.45) is 5.08. The Morgan fingerprint density at radius 1 is 1.23 bits per heavy atom. The van der Waals surface area contributed by atoms with Crippen LogP contribution in [-0.2, 0) is 16.4 Å². The van der Waals surface area contributed by atoms with Gasteiger partial charge in [-0.25, -0.2) is 17.8 Å². The summed E-state index contributed by atoms with van der Waals surface area (Å²) in [4.78, 5) is 8.52. The van der Waals surface area contributed by atoms with E-state index in [1.807, 2.05) is 6.19 Å². The molecule has 3 rings (SSSR count). The van der Waals surface area contributed by atoms with E-state index in [1.165, 1.54) is 0 Å². The summed E-state index contributed by atoms with van der Waals surface area (Å²) in [5, 5.41) is 13.8. The van der Waals surface area contributed by atoms with Crippen molar-refractivity contribution in [3.8, 4) is 6.19 Å². The Morgan fingerprint density at radius 3 is 2.57 bits per heavy atom. The summed E-state index contributed by atoms with van der Waals surface area (Å²) < 4.78 is 39.5. The summed E-state index contributed by atoms with van der Waals surface area (Å²) in [5.74, 6) is 0.0686. The molecule has 9 heteroatoms. The number of pyridine rings is 1. The number of anilines is 1. The van der Waals surface area contributed by atoms with E-state index >= 15 is 0 Å². The molecule has 1 aliphatic rings. The van der Waals surface area contributed by atoms with Crippen LogP contribution in [0.5, 0.6) is 0 Å². The Morgan fingerprint density at radius 2 is 1.93 bits per heavy atom. The highest BCUT2D eigenvalue weighted by Crippen LogP contribution is 2.34. The van der Waals surface area contributed by atoms with Crippen molar-refractivity contribution in [2.75, 3.05) is 5.32 Å². The molecule has 0 spiro atoms. The molecule has 3 unspecified atom stereocenters. The first-order valence-electron chi connectivity index (χ1n) is 9.73. The Balaban J connectivity index is 1.70. The van der Waals surface area contributed by atoms with Crippen LogP contribution in [0, 0.1) is 17.4 Å². The van der Waals surface area contributed by atoms with Crippen LogP contribution >= 0.6 is 0 Å². The summed E-state index contributed by atoms with van der Waals surface area (Å²) >= 11 is 0. The molecule has 30 heavy (non-hydrogen) atoms. The number of alkyl halides is 1. The summed E-state index contributed by atoms with van der Waals surface area (Å²) in [5.41, 5.74) is 1.52. The average molecular weight is 430 g/mol. The smallest absolute Gasteiger partial charge is 0.209 e. The first-order chi connectivity index (χ1) is 14.4. The molecule has 0 saturated heterocycles. The van der Waals surface area contributed by atoms with Crippen molar-refractivity contribution < 1.29 is 12.8 Å². The second-order valence-corrected chi connectivity index (χ2v) is 9.54. The molecule has 0 aliphatic heterocycles. The number of guanidine groups is 1. The normalized spacial score (nSPS) is 22.2. The second-order valence-electron chi connectivity index (χ2n) is 7.38. The third kappa shape index (κ3) is 5.33. The number of halogens is 1. The molecule has 1 aromatic carbocycles. The fraction of sp³-hybridized carbons (Fsp3) is 0.381. The maximum atomic E-state index is 13.6. The predicted molar refractivity (Wildman–Crippen MR) is 113 cm³/mol. The second kappa shape index (κ2) is 9.67. The number of benzene rings is 1.